The van der Waals surface area contributed by atoms with Crippen LogP contribution in [0.3, 0.4) is 0 Å². The van der Waals surface area contributed by atoms with Gasteiger partial charge >= 0.3 is 0 Å². The van der Waals surface area contributed by atoms with E-state index in [2.05, 4.69) is 15.3 Å². The van der Waals surface area contributed by atoms with E-state index in [9.17, 15) is 14.7 Å². The molecule has 0 saturated carbocycles. The number of carbonyl (C=O) groups is 2. The third kappa shape index (κ3) is 4.89. The number of aliphatic hydroxyl groups is 1. The molecule has 3 heterocycles. The fraction of sp³-hybridized carbons (Fsp3) is 0.348. The lowest BCUT2D eigenvalue weighted by Crippen LogP contribution is -2.52. The molecule has 0 radical (unpaired) electrons. The number of nitrogens with zero attached hydrogens (tertiary/aromatic N) is 2. The second kappa shape index (κ2) is 9.08. The lowest BCUT2D eigenvalue weighted by Gasteiger charge is -2.32. The Morgan fingerprint density at radius 3 is 2.74 bits per heavy atom. The number of hydrogen-bond acceptors (Lipinski definition) is 4. The van der Waals surface area contributed by atoms with Gasteiger partial charge < -0.3 is 20.3 Å². The second-order valence-electron chi connectivity index (χ2n) is 7.95. The van der Waals surface area contributed by atoms with Crippen molar-refractivity contribution in [1.29, 1.82) is 0 Å². The van der Waals surface area contributed by atoms with Crippen LogP contribution in [0.15, 0.2) is 42.5 Å². The molecule has 162 valence electrons. The summed E-state index contributed by atoms with van der Waals surface area (Å²) in [5.74, 6) is -0.552. The minimum Gasteiger partial charge on any atom is -0.393 e. The fourth-order valence-corrected chi connectivity index (χ4v) is 4.07. The molecule has 1 aromatic carbocycles. The fourth-order valence-electron chi connectivity index (χ4n) is 3.86. The zero-order valence-electron chi connectivity index (χ0n) is 17.3. The smallest absolute Gasteiger partial charge is 0.268 e. The number of fused-ring (bicyclic) bond motifs is 1. The number of amides is 2. The Hall–Kier alpha value is -2.90. The molecule has 0 spiro atoms. The van der Waals surface area contributed by atoms with Gasteiger partial charge in [0, 0.05) is 30.2 Å². The Balaban J connectivity index is 1.57. The molecule has 1 saturated heterocycles. The van der Waals surface area contributed by atoms with E-state index < -0.39 is 6.04 Å². The molecule has 7 nitrogen and oxygen atoms in total. The van der Waals surface area contributed by atoms with E-state index >= 15 is 0 Å². The first-order valence-electron chi connectivity index (χ1n) is 10.4. The highest BCUT2D eigenvalue weighted by atomic mass is 35.5. The van der Waals surface area contributed by atoms with Gasteiger partial charge in [-0.3, -0.25) is 14.6 Å². The maximum atomic E-state index is 13.3. The largest absolute Gasteiger partial charge is 0.393 e. The number of rotatable bonds is 5. The summed E-state index contributed by atoms with van der Waals surface area (Å²) in [4.78, 5) is 35.5. The van der Waals surface area contributed by atoms with E-state index in [1.54, 1.807) is 17.0 Å². The summed E-state index contributed by atoms with van der Waals surface area (Å²) in [7, 11) is 0. The number of H-pyrrole nitrogens is 1. The van der Waals surface area contributed by atoms with Gasteiger partial charge in [-0.2, -0.15) is 0 Å². The predicted octanol–water partition coefficient (Wildman–Crippen LogP) is 2.85. The number of nitrogens with one attached hydrogen (secondary N) is 2. The van der Waals surface area contributed by atoms with Crippen molar-refractivity contribution in [1.82, 2.24) is 20.2 Å². The standard InChI is InChI=1S/C23H25ClN4O3/c1-14-6-7-18-19(25-14)13-20(26-18)22(30)27-21(12-15-4-2-3-5-17(15)24)23(31)28-10-8-16(29)9-11-28/h2-7,13,16,21,26,29H,8-12H2,1H3,(H,27,30). The van der Waals surface area contributed by atoms with Gasteiger partial charge in [-0.15, -0.1) is 0 Å². The number of aromatic amines is 1. The predicted molar refractivity (Wildman–Crippen MR) is 119 cm³/mol. The first-order chi connectivity index (χ1) is 14.9. The van der Waals surface area contributed by atoms with Crippen LogP contribution in [0.25, 0.3) is 11.0 Å². The van der Waals surface area contributed by atoms with Gasteiger partial charge in [0.15, 0.2) is 0 Å². The number of halogens is 1. The SMILES string of the molecule is Cc1ccc2[nH]c(C(=O)NC(Cc3ccccc3Cl)C(=O)N3CCC(O)CC3)cc2n1. The van der Waals surface area contributed by atoms with Gasteiger partial charge in [0.05, 0.1) is 17.1 Å². The zero-order chi connectivity index (χ0) is 22.0. The summed E-state index contributed by atoms with van der Waals surface area (Å²) in [6.45, 7) is 2.81. The number of likely N-dealkylation sites (tertiary alicyclic amines) is 1. The summed E-state index contributed by atoms with van der Waals surface area (Å²) in [6.07, 6.45) is 0.959. The van der Waals surface area contributed by atoms with E-state index in [-0.39, 0.29) is 24.3 Å². The monoisotopic (exact) mass is 440 g/mol. The molecule has 3 N–H and O–H groups in total. The molecule has 1 aliphatic heterocycles. The molecule has 2 amide bonds. The van der Waals surface area contributed by atoms with Crippen molar-refractivity contribution in [3.8, 4) is 0 Å². The van der Waals surface area contributed by atoms with Crippen molar-refractivity contribution in [3.63, 3.8) is 0 Å². The molecule has 31 heavy (non-hydrogen) atoms. The van der Waals surface area contributed by atoms with Crippen LogP contribution >= 0.6 is 11.6 Å². The van der Waals surface area contributed by atoms with Crippen molar-refractivity contribution in [2.45, 2.75) is 38.3 Å². The lowest BCUT2D eigenvalue weighted by molar-refractivity contribution is -0.135. The number of aromatic nitrogens is 2. The summed E-state index contributed by atoms with van der Waals surface area (Å²) in [6, 6.07) is 12.0. The van der Waals surface area contributed by atoms with Crippen molar-refractivity contribution < 1.29 is 14.7 Å². The quantitative estimate of drug-likeness (QED) is 0.568. The van der Waals surface area contributed by atoms with Crippen LogP contribution in [0.2, 0.25) is 5.02 Å². The highest BCUT2D eigenvalue weighted by molar-refractivity contribution is 6.31. The number of piperidine rings is 1. The Labute approximate surface area is 185 Å². The zero-order valence-corrected chi connectivity index (χ0v) is 18.0. The Bertz CT molecular complexity index is 1110. The van der Waals surface area contributed by atoms with Gasteiger partial charge in [0.25, 0.3) is 5.91 Å². The Morgan fingerprint density at radius 2 is 2.00 bits per heavy atom. The average molecular weight is 441 g/mol. The van der Waals surface area contributed by atoms with Crippen LogP contribution in [0.1, 0.15) is 34.6 Å². The van der Waals surface area contributed by atoms with Gasteiger partial charge in [0.2, 0.25) is 5.91 Å². The molecule has 8 heteroatoms. The van der Waals surface area contributed by atoms with E-state index in [1.807, 2.05) is 37.3 Å². The van der Waals surface area contributed by atoms with Crippen LogP contribution in [0.4, 0.5) is 0 Å². The lowest BCUT2D eigenvalue weighted by atomic mass is 10.0. The summed E-state index contributed by atoms with van der Waals surface area (Å²) < 4.78 is 0. The number of aliphatic hydroxyl groups excluding tert-OH is 1. The highest BCUT2D eigenvalue weighted by Gasteiger charge is 2.30. The molecule has 1 aliphatic rings. The van der Waals surface area contributed by atoms with Crippen molar-refractivity contribution >= 4 is 34.4 Å². The third-order valence-electron chi connectivity index (χ3n) is 5.62. The molecule has 1 fully saturated rings. The molecular formula is C23H25ClN4O3. The summed E-state index contributed by atoms with van der Waals surface area (Å²) in [5, 5.41) is 13.2. The molecule has 2 aromatic heterocycles. The van der Waals surface area contributed by atoms with E-state index in [4.69, 9.17) is 11.6 Å². The molecule has 1 atom stereocenters. The van der Waals surface area contributed by atoms with Crippen LogP contribution in [-0.2, 0) is 11.2 Å². The third-order valence-corrected chi connectivity index (χ3v) is 5.99. The Morgan fingerprint density at radius 1 is 1.26 bits per heavy atom. The molecule has 4 rings (SSSR count). The minimum atomic E-state index is -0.774. The van der Waals surface area contributed by atoms with Crippen molar-refractivity contribution in [3.05, 3.63) is 64.4 Å². The van der Waals surface area contributed by atoms with Gasteiger partial charge in [-0.25, -0.2) is 0 Å². The van der Waals surface area contributed by atoms with Crippen LogP contribution in [0.5, 0.6) is 0 Å². The van der Waals surface area contributed by atoms with Crippen LogP contribution in [0, 0.1) is 6.92 Å². The van der Waals surface area contributed by atoms with Gasteiger partial charge in [-0.05, 0) is 49.6 Å². The van der Waals surface area contributed by atoms with E-state index in [1.165, 1.54) is 0 Å². The number of carbonyl (C=O) groups excluding carboxylic acids is 2. The normalized spacial score (nSPS) is 15.8. The number of aryl methyl sites for hydroxylation is 1. The molecule has 1 unspecified atom stereocenters. The average Bonchev–Trinajstić information content (AvgIpc) is 3.18. The molecule has 3 aromatic rings. The number of pyridine rings is 1. The summed E-state index contributed by atoms with van der Waals surface area (Å²) >= 11 is 6.31. The molecule has 0 aliphatic carbocycles. The maximum Gasteiger partial charge on any atom is 0.268 e. The Kier molecular flexibility index (Phi) is 6.25. The van der Waals surface area contributed by atoms with E-state index in [0.717, 1.165) is 16.8 Å². The van der Waals surface area contributed by atoms with E-state index in [0.29, 0.717) is 42.2 Å². The maximum absolute atomic E-state index is 13.3. The van der Waals surface area contributed by atoms with Crippen LogP contribution in [-0.4, -0.2) is 57.0 Å². The van der Waals surface area contributed by atoms with Crippen LogP contribution < -0.4 is 5.32 Å². The molecule has 0 bridgehead atoms. The number of hydrogen-bond donors (Lipinski definition) is 3. The summed E-state index contributed by atoms with van der Waals surface area (Å²) in [5.41, 5.74) is 3.45. The first-order valence-corrected chi connectivity index (χ1v) is 10.8. The topological polar surface area (TPSA) is 98.3 Å². The van der Waals surface area contributed by atoms with Crippen molar-refractivity contribution in [2.75, 3.05) is 13.1 Å². The van der Waals surface area contributed by atoms with Crippen molar-refractivity contribution in [2.24, 2.45) is 0 Å². The van der Waals surface area contributed by atoms with Gasteiger partial charge in [-0.1, -0.05) is 29.8 Å². The van der Waals surface area contributed by atoms with Gasteiger partial charge in [0.1, 0.15) is 11.7 Å². The second-order valence-corrected chi connectivity index (χ2v) is 8.35. The number of benzene rings is 1. The minimum absolute atomic E-state index is 0.176. The highest BCUT2D eigenvalue weighted by Crippen LogP contribution is 2.20. The first kappa shape index (κ1) is 21.3. The molecular weight excluding hydrogens is 416 g/mol.